The van der Waals surface area contributed by atoms with Crippen LogP contribution in [0.15, 0.2) is 83.9 Å². The predicted molar refractivity (Wildman–Crippen MR) is 180 cm³/mol. The molecule has 0 bridgehead atoms. The van der Waals surface area contributed by atoms with E-state index in [0.717, 1.165) is 11.6 Å². The number of amides is 2. The van der Waals surface area contributed by atoms with Gasteiger partial charge in [0.15, 0.2) is 28.7 Å². The highest BCUT2D eigenvalue weighted by molar-refractivity contribution is 7.92. The number of hydrogen-bond donors (Lipinski definition) is 4. The van der Waals surface area contributed by atoms with Crippen LogP contribution in [0.25, 0.3) is 0 Å². The second-order valence-electron chi connectivity index (χ2n) is 11.3. The fourth-order valence-electron chi connectivity index (χ4n) is 4.41. The van der Waals surface area contributed by atoms with Gasteiger partial charge >= 0.3 is 12.1 Å². The standard InChI is InChI=1S/C34H36N4O10S/c1-6-46-26-19-23(32(41)36-20-28(39)40)30(48-33(42)37-27-13-9-10-18-35-27)29(31(26)47-25-12-8-7-11-24(25)45-5)38-49(43,44)22-16-14-21(15-17-22)34(2,3)4/h7-19,38H,6,20H2,1-5H3,(H,36,41)(H,39,40)(H,35,37,42). The normalized spacial score (nSPS) is 11.2. The molecule has 1 heterocycles. The molecular formula is C34H36N4O10S. The molecule has 0 radical (unpaired) electrons. The molecule has 4 aromatic rings. The molecule has 15 heteroatoms. The maximum Gasteiger partial charge on any atom is 0.418 e. The Bertz CT molecular complexity index is 1930. The van der Waals surface area contributed by atoms with Crippen molar-refractivity contribution < 1.29 is 46.9 Å². The Balaban J connectivity index is 1.97. The van der Waals surface area contributed by atoms with Crippen molar-refractivity contribution in [3.05, 3.63) is 90.1 Å². The van der Waals surface area contributed by atoms with E-state index in [2.05, 4.69) is 20.3 Å². The number of sulfonamides is 1. The summed E-state index contributed by atoms with van der Waals surface area (Å²) in [5, 5.41) is 13.8. The first-order valence-electron chi connectivity index (χ1n) is 14.9. The van der Waals surface area contributed by atoms with E-state index in [9.17, 15) is 27.9 Å². The van der Waals surface area contributed by atoms with Crippen molar-refractivity contribution in [2.75, 3.05) is 30.3 Å². The molecule has 2 amide bonds. The number of benzene rings is 3. The van der Waals surface area contributed by atoms with Crippen LogP contribution in [0.3, 0.4) is 0 Å². The molecule has 0 unspecified atom stereocenters. The number of carbonyl (C=O) groups is 3. The first-order valence-corrected chi connectivity index (χ1v) is 16.4. The van der Waals surface area contributed by atoms with Gasteiger partial charge < -0.3 is 29.4 Å². The van der Waals surface area contributed by atoms with Crippen molar-refractivity contribution in [2.45, 2.75) is 38.0 Å². The van der Waals surface area contributed by atoms with Crippen LogP contribution < -0.4 is 34.3 Å². The van der Waals surface area contributed by atoms with Crippen LogP contribution in [-0.4, -0.2) is 56.7 Å². The number of pyridine rings is 1. The molecule has 0 fully saturated rings. The Morgan fingerprint density at radius 2 is 1.57 bits per heavy atom. The van der Waals surface area contributed by atoms with Gasteiger partial charge in [0.05, 0.1) is 24.2 Å². The fraction of sp³-hybridized carbons (Fsp3) is 0.235. The maximum atomic E-state index is 14.0. The number of anilines is 2. The summed E-state index contributed by atoms with van der Waals surface area (Å²) in [6.07, 6.45) is 0.259. The largest absolute Gasteiger partial charge is 0.493 e. The molecule has 0 saturated heterocycles. The quantitative estimate of drug-likeness (QED) is 0.132. The summed E-state index contributed by atoms with van der Waals surface area (Å²) < 4.78 is 53.5. The molecule has 3 aromatic carbocycles. The topological polar surface area (TPSA) is 191 Å². The van der Waals surface area contributed by atoms with Gasteiger partial charge in [0, 0.05) is 12.3 Å². The van der Waals surface area contributed by atoms with E-state index in [0.29, 0.717) is 0 Å². The van der Waals surface area contributed by atoms with Crippen LogP contribution in [0.1, 0.15) is 43.6 Å². The van der Waals surface area contributed by atoms with Crippen molar-refractivity contribution in [1.29, 1.82) is 0 Å². The van der Waals surface area contributed by atoms with Crippen LogP contribution in [0, 0.1) is 0 Å². The lowest BCUT2D eigenvalue weighted by Gasteiger charge is -2.23. The van der Waals surface area contributed by atoms with Gasteiger partial charge in [-0.2, -0.15) is 0 Å². The van der Waals surface area contributed by atoms with Gasteiger partial charge in [-0.3, -0.25) is 19.6 Å². The molecule has 258 valence electrons. The highest BCUT2D eigenvalue weighted by Gasteiger charge is 2.32. The van der Waals surface area contributed by atoms with Crippen molar-refractivity contribution in [3.8, 4) is 28.7 Å². The third-order valence-electron chi connectivity index (χ3n) is 6.78. The zero-order valence-electron chi connectivity index (χ0n) is 27.4. The number of nitrogens with one attached hydrogen (secondary N) is 3. The average molecular weight is 693 g/mol. The average Bonchev–Trinajstić information content (AvgIpc) is 3.06. The van der Waals surface area contributed by atoms with Gasteiger partial charge in [-0.05, 0) is 54.3 Å². The number of ether oxygens (including phenoxy) is 4. The lowest BCUT2D eigenvalue weighted by Crippen LogP contribution is -2.30. The molecule has 4 N–H and O–H groups in total. The monoisotopic (exact) mass is 692 g/mol. The number of aliphatic carboxylic acids is 1. The van der Waals surface area contributed by atoms with Crippen LogP contribution in [0.4, 0.5) is 16.3 Å². The number of hydrogen-bond acceptors (Lipinski definition) is 10. The number of methoxy groups -OCH3 is 1. The second kappa shape index (κ2) is 15.4. The summed E-state index contributed by atoms with van der Waals surface area (Å²) in [6.45, 7) is 6.80. The number of carboxylic acids is 1. The van der Waals surface area contributed by atoms with E-state index < -0.39 is 51.5 Å². The van der Waals surface area contributed by atoms with E-state index in [1.165, 1.54) is 31.5 Å². The molecule has 0 aliphatic heterocycles. The van der Waals surface area contributed by atoms with E-state index >= 15 is 0 Å². The highest BCUT2D eigenvalue weighted by Crippen LogP contribution is 2.49. The lowest BCUT2D eigenvalue weighted by molar-refractivity contribution is -0.135. The third-order valence-corrected chi connectivity index (χ3v) is 8.15. The summed E-state index contributed by atoms with van der Waals surface area (Å²) in [7, 11) is -3.08. The summed E-state index contributed by atoms with van der Waals surface area (Å²) >= 11 is 0. The molecule has 14 nitrogen and oxygen atoms in total. The second-order valence-corrected chi connectivity index (χ2v) is 13.0. The number of aromatic nitrogens is 1. The van der Waals surface area contributed by atoms with E-state index in [1.807, 2.05) is 20.8 Å². The molecular weight excluding hydrogens is 656 g/mol. The zero-order chi connectivity index (χ0) is 35.8. The smallest absolute Gasteiger partial charge is 0.418 e. The Hall–Kier alpha value is -5.83. The number of carbonyl (C=O) groups excluding carboxylic acids is 2. The van der Waals surface area contributed by atoms with Gasteiger partial charge in [0.2, 0.25) is 0 Å². The Morgan fingerprint density at radius 1 is 0.898 bits per heavy atom. The molecule has 0 spiro atoms. The molecule has 49 heavy (non-hydrogen) atoms. The van der Waals surface area contributed by atoms with Gasteiger partial charge in [0.1, 0.15) is 18.1 Å². The zero-order valence-corrected chi connectivity index (χ0v) is 28.2. The minimum atomic E-state index is -4.49. The van der Waals surface area contributed by atoms with Gasteiger partial charge in [-0.15, -0.1) is 0 Å². The number of para-hydroxylation sites is 2. The van der Waals surface area contributed by atoms with Crippen LogP contribution in [0.2, 0.25) is 0 Å². The van der Waals surface area contributed by atoms with E-state index in [1.54, 1.807) is 55.5 Å². The van der Waals surface area contributed by atoms with E-state index in [-0.39, 0.29) is 45.7 Å². The van der Waals surface area contributed by atoms with Crippen LogP contribution in [-0.2, 0) is 20.2 Å². The van der Waals surface area contributed by atoms with E-state index in [4.69, 9.17) is 18.9 Å². The van der Waals surface area contributed by atoms with Crippen LogP contribution in [0.5, 0.6) is 28.7 Å². The van der Waals surface area contributed by atoms with Crippen molar-refractivity contribution in [1.82, 2.24) is 10.3 Å². The van der Waals surface area contributed by atoms with Gasteiger partial charge in [-0.1, -0.05) is 51.1 Å². The molecule has 0 aliphatic rings. The Labute approximate surface area is 283 Å². The van der Waals surface area contributed by atoms with Crippen LogP contribution >= 0.6 is 0 Å². The molecule has 0 saturated carbocycles. The highest BCUT2D eigenvalue weighted by atomic mass is 32.2. The Kier molecular flexibility index (Phi) is 11.3. The maximum absolute atomic E-state index is 14.0. The molecule has 0 aliphatic carbocycles. The first-order chi connectivity index (χ1) is 23.2. The Morgan fingerprint density at radius 3 is 2.16 bits per heavy atom. The first kappa shape index (κ1) is 36.0. The summed E-state index contributed by atoms with van der Waals surface area (Å²) in [6, 6.07) is 18.5. The summed E-state index contributed by atoms with van der Waals surface area (Å²) in [4.78, 5) is 41.9. The molecule has 0 atom stereocenters. The summed E-state index contributed by atoms with van der Waals surface area (Å²) in [5.41, 5.74) is -0.350. The van der Waals surface area contributed by atoms with Crippen molar-refractivity contribution in [3.63, 3.8) is 0 Å². The van der Waals surface area contributed by atoms with Gasteiger partial charge in [-0.25, -0.2) is 18.2 Å². The molecule has 1 aromatic heterocycles. The summed E-state index contributed by atoms with van der Waals surface area (Å²) in [5.74, 6) is -2.99. The molecule has 4 rings (SSSR count). The predicted octanol–water partition coefficient (Wildman–Crippen LogP) is 5.80. The third kappa shape index (κ3) is 9.16. The minimum Gasteiger partial charge on any atom is -0.493 e. The number of rotatable bonds is 13. The lowest BCUT2D eigenvalue weighted by atomic mass is 9.87. The van der Waals surface area contributed by atoms with Crippen molar-refractivity contribution in [2.24, 2.45) is 0 Å². The fourth-order valence-corrected chi connectivity index (χ4v) is 5.47. The van der Waals surface area contributed by atoms with Gasteiger partial charge in [0.25, 0.3) is 15.9 Å². The number of nitrogens with zero attached hydrogens (tertiary/aromatic N) is 1. The minimum absolute atomic E-state index is 0.0271. The SMILES string of the molecule is CCOc1cc(C(=O)NCC(=O)O)c(OC(=O)Nc2ccccn2)c(NS(=O)(=O)c2ccc(C(C)(C)C)cc2)c1Oc1ccccc1OC. The van der Waals surface area contributed by atoms with Crippen molar-refractivity contribution >= 4 is 39.5 Å². The number of carboxylic acid groups (broad SMARTS) is 1.